The highest BCUT2D eigenvalue weighted by Crippen LogP contribution is 2.49. The molecule has 36 heavy (non-hydrogen) atoms. The molecule has 1 saturated heterocycles. The number of anilines is 2. The van der Waals surface area contributed by atoms with E-state index in [9.17, 15) is 18.7 Å². The number of carbonyl (C=O) groups excluding carboxylic acids is 1. The van der Waals surface area contributed by atoms with Gasteiger partial charge in [-0.05, 0) is 62.4 Å². The van der Waals surface area contributed by atoms with E-state index in [1.165, 1.54) is 6.07 Å². The van der Waals surface area contributed by atoms with Gasteiger partial charge in [0.2, 0.25) is 5.91 Å². The van der Waals surface area contributed by atoms with Crippen LogP contribution in [-0.4, -0.2) is 48.1 Å². The maximum absolute atomic E-state index is 14.3. The van der Waals surface area contributed by atoms with Gasteiger partial charge in [0, 0.05) is 42.3 Å². The fourth-order valence-corrected chi connectivity index (χ4v) is 5.72. The molecule has 1 fully saturated rings. The Hall–Kier alpha value is -3.17. The van der Waals surface area contributed by atoms with Gasteiger partial charge in [-0.3, -0.25) is 4.79 Å². The SMILES string of the molecule is Cc1c([C@@H](C)Nc2nnc(C)c3cc4c(cc23)N(C)C(=O)C42CCOCC2)cccc1C(F)(F)CO. The Labute approximate surface area is 208 Å². The lowest BCUT2D eigenvalue weighted by atomic mass is 9.74. The highest BCUT2D eigenvalue weighted by atomic mass is 19.3. The van der Waals surface area contributed by atoms with Crippen LogP contribution < -0.4 is 10.2 Å². The standard InChI is InChI=1S/C27H30F2N4O3/c1-15-18(6-5-7-21(15)27(28,29)14-34)16(2)30-24-20-13-23-22(12-19(20)17(3)31-32-24)26(25(35)33(23)4)8-10-36-11-9-26/h5-7,12-13,16,34H,8-11,14H2,1-4H3,(H,30,32)/t16-/m1/s1. The van der Waals surface area contributed by atoms with Crippen LogP contribution in [0.4, 0.5) is 20.3 Å². The first-order valence-electron chi connectivity index (χ1n) is 12.1. The molecule has 7 nitrogen and oxygen atoms in total. The van der Waals surface area contributed by atoms with E-state index in [4.69, 9.17) is 4.74 Å². The third kappa shape index (κ3) is 3.64. The summed E-state index contributed by atoms with van der Waals surface area (Å²) in [6, 6.07) is 8.36. The first-order valence-corrected chi connectivity index (χ1v) is 12.1. The van der Waals surface area contributed by atoms with Crippen molar-refractivity contribution in [1.82, 2.24) is 10.2 Å². The molecule has 0 aliphatic carbocycles. The van der Waals surface area contributed by atoms with E-state index in [1.807, 2.05) is 19.9 Å². The van der Waals surface area contributed by atoms with E-state index in [0.717, 1.165) is 27.7 Å². The number of aliphatic hydroxyl groups is 1. The smallest absolute Gasteiger partial charge is 0.296 e. The number of benzene rings is 2. The number of likely N-dealkylation sites (N-methyl/N-ethyl adjacent to an activating group) is 1. The van der Waals surface area contributed by atoms with Gasteiger partial charge in [0.05, 0.1) is 17.2 Å². The van der Waals surface area contributed by atoms with E-state index in [1.54, 1.807) is 31.0 Å². The van der Waals surface area contributed by atoms with Crippen molar-refractivity contribution < 1.29 is 23.4 Å². The fraction of sp³-hybridized carbons (Fsp3) is 0.444. The summed E-state index contributed by atoms with van der Waals surface area (Å²) in [5.74, 6) is -2.73. The van der Waals surface area contributed by atoms with Crippen molar-refractivity contribution in [2.45, 2.75) is 51.0 Å². The van der Waals surface area contributed by atoms with Crippen LogP contribution in [-0.2, 0) is 20.9 Å². The van der Waals surface area contributed by atoms with E-state index in [-0.39, 0.29) is 17.5 Å². The Morgan fingerprint density at radius 2 is 1.92 bits per heavy atom. The second kappa shape index (κ2) is 8.74. The monoisotopic (exact) mass is 496 g/mol. The number of hydrogen-bond donors (Lipinski definition) is 2. The summed E-state index contributed by atoms with van der Waals surface area (Å²) in [4.78, 5) is 15.1. The molecule has 9 heteroatoms. The van der Waals surface area contributed by atoms with Crippen LogP contribution >= 0.6 is 0 Å². The third-order valence-electron chi connectivity index (χ3n) is 7.81. The molecule has 190 valence electrons. The maximum Gasteiger partial charge on any atom is 0.296 e. The molecule has 0 radical (unpaired) electrons. The molecule has 3 heterocycles. The molecule has 2 N–H and O–H groups in total. The number of nitrogens with one attached hydrogen (secondary N) is 1. The highest BCUT2D eigenvalue weighted by molar-refractivity contribution is 6.11. The molecule has 1 amide bonds. The number of fused-ring (bicyclic) bond motifs is 3. The fourth-order valence-electron chi connectivity index (χ4n) is 5.72. The van der Waals surface area contributed by atoms with E-state index < -0.39 is 17.9 Å². The van der Waals surface area contributed by atoms with Crippen molar-refractivity contribution in [2.24, 2.45) is 0 Å². The summed E-state index contributed by atoms with van der Waals surface area (Å²) in [5.41, 5.74) is 2.89. The van der Waals surface area contributed by atoms with Crippen molar-refractivity contribution in [2.75, 3.05) is 37.1 Å². The average molecular weight is 497 g/mol. The number of aromatic nitrogens is 2. The largest absolute Gasteiger partial charge is 0.390 e. The quantitative estimate of drug-likeness (QED) is 0.540. The molecule has 1 spiro atoms. The zero-order valence-corrected chi connectivity index (χ0v) is 20.9. The van der Waals surface area contributed by atoms with Gasteiger partial charge in [0.25, 0.3) is 5.92 Å². The Morgan fingerprint density at radius 1 is 1.19 bits per heavy atom. The van der Waals surface area contributed by atoms with E-state index in [0.29, 0.717) is 43.0 Å². The van der Waals surface area contributed by atoms with Gasteiger partial charge in [-0.25, -0.2) is 0 Å². The number of amides is 1. The minimum Gasteiger partial charge on any atom is -0.390 e. The number of carbonyl (C=O) groups is 1. The molecular formula is C27H30F2N4O3. The summed E-state index contributed by atoms with van der Waals surface area (Å²) in [6.07, 6.45) is 1.28. The molecule has 3 aromatic rings. The van der Waals surface area contributed by atoms with Crippen molar-refractivity contribution in [3.63, 3.8) is 0 Å². The molecule has 1 aromatic heterocycles. The zero-order chi connectivity index (χ0) is 25.8. The van der Waals surface area contributed by atoms with Crippen LogP contribution in [0.15, 0.2) is 30.3 Å². The van der Waals surface area contributed by atoms with Gasteiger partial charge < -0.3 is 20.1 Å². The number of ether oxygens (including phenoxy) is 1. The highest BCUT2D eigenvalue weighted by Gasteiger charge is 2.50. The first-order chi connectivity index (χ1) is 17.1. The van der Waals surface area contributed by atoms with Gasteiger partial charge >= 0.3 is 0 Å². The summed E-state index contributed by atoms with van der Waals surface area (Å²) >= 11 is 0. The minimum atomic E-state index is -3.33. The Bertz CT molecular complexity index is 1350. The molecule has 1 atom stereocenters. The van der Waals surface area contributed by atoms with Crippen molar-refractivity contribution >= 4 is 28.2 Å². The predicted molar refractivity (Wildman–Crippen MR) is 134 cm³/mol. The van der Waals surface area contributed by atoms with Gasteiger partial charge in [-0.2, -0.15) is 13.9 Å². The molecule has 0 bridgehead atoms. The van der Waals surface area contributed by atoms with Gasteiger partial charge in [0.1, 0.15) is 6.61 Å². The Balaban J connectivity index is 1.58. The lowest BCUT2D eigenvalue weighted by molar-refractivity contribution is -0.126. The van der Waals surface area contributed by atoms with Gasteiger partial charge in [0.15, 0.2) is 5.82 Å². The zero-order valence-electron chi connectivity index (χ0n) is 20.9. The third-order valence-corrected chi connectivity index (χ3v) is 7.81. The molecular weight excluding hydrogens is 466 g/mol. The number of alkyl halides is 2. The van der Waals surface area contributed by atoms with Crippen LogP contribution in [0.3, 0.4) is 0 Å². The van der Waals surface area contributed by atoms with Crippen LogP contribution in [0.1, 0.15) is 53.8 Å². The molecule has 2 aliphatic heterocycles. The summed E-state index contributed by atoms with van der Waals surface area (Å²) in [5, 5.41) is 23.0. The van der Waals surface area contributed by atoms with Crippen LogP contribution in [0.5, 0.6) is 0 Å². The Kier molecular flexibility index (Phi) is 5.95. The van der Waals surface area contributed by atoms with E-state index >= 15 is 0 Å². The number of aryl methyl sites for hydroxylation is 1. The Morgan fingerprint density at radius 3 is 2.61 bits per heavy atom. The molecule has 0 unspecified atom stereocenters. The van der Waals surface area contributed by atoms with Crippen LogP contribution in [0.2, 0.25) is 0 Å². The second-order valence-electron chi connectivity index (χ2n) is 9.86. The lowest BCUT2D eigenvalue weighted by Crippen LogP contribution is -2.42. The second-order valence-corrected chi connectivity index (χ2v) is 9.86. The summed E-state index contributed by atoms with van der Waals surface area (Å²) < 4.78 is 34.1. The number of halogens is 2. The topological polar surface area (TPSA) is 87.6 Å². The number of nitrogens with zero attached hydrogens (tertiary/aromatic N) is 3. The minimum absolute atomic E-state index is 0.0785. The summed E-state index contributed by atoms with van der Waals surface area (Å²) in [7, 11) is 1.80. The molecule has 2 aliphatic rings. The predicted octanol–water partition coefficient (Wildman–Crippen LogP) is 4.53. The number of rotatable bonds is 5. The molecule has 5 rings (SSSR count). The van der Waals surface area contributed by atoms with Gasteiger partial charge in [-0.1, -0.05) is 18.2 Å². The number of hydrogen-bond acceptors (Lipinski definition) is 6. The molecule has 2 aromatic carbocycles. The van der Waals surface area contributed by atoms with Crippen molar-refractivity contribution in [1.29, 1.82) is 0 Å². The van der Waals surface area contributed by atoms with Crippen LogP contribution in [0.25, 0.3) is 10.8 Å². The normalized spacial score (nSPS) is 18.1. The summed E-state index contributed by atoms with van der Waals surface area (Å²) in [6.45, 7) is 5.23. The van der Waals surface area contributed by atoms with Crippen LogP contribution in [0, 0.1) is 13.8 Å². The molecule has 0 saturated carbocycles. The first kappa shape index (κ1) is 24.5. The van der Waals surface area contributed by atoms with Crippen molar-refractivity contribution in [3.8, 4) is 0 Å². The van der Waals surface area contributed by atoms with Crippen molar-refractivity contribution in [3.05, 3.63) is 58.3 Å². The average Bonchev–Trinajstić information content (AvgIpc) is 3.06. The van der Waals surface area contributed by atoms with Gasteiger partial charge in [-0.15, -0.1) is 5.10 Å². The maximum atomic E-state index is 14.3. The number of aliphatic hydroxyl groups excluding tert-OH is 1. The van der Waals surface area contributed by atoms with E-state index in [2.05, 4.69) is 21.6 Å². The lowest BCUT2D eigenvalue weighted by Gasteiger charge is -2.32.